The zero-order chi connectivity index (χ0) is 10.9. The molecule has 0 amide bonds. The molecule has 78 valence electrons. The van der Waals surface area contributed by atoms with Gasteiger partial charge in [0.15, 0.2) is 0 Å². The Kier molecular flexibility index (Phi) is 3.26. The molecule has 1 N–H and O–H groups in total. The van der Waals surface area contributed by atoms with Crippen molar-refractivity contribution in [3.8, 4) is 0 Å². The predicted octanol–water partition coefficient (Wildman–Crippen LogP) is 2.59. The molecule has 0 radical (unpaired) electrons. The van der Waals surface area contributed by atoms with E-state index in [0.717, 1.165) is 6.26 Å². The molecule has 0 aliphatic rings. The van der Waals surface area contributed by atoms with Crippen LogP contribution in [-0.4, -0.2) is 13.8 Å². The summed E-state index contributed by atoms with van der Waals surface area (Å²) in [6.07, 6.45) is -0.570. The standard InChI is InChI=1S/C6H4Cl3NO4/c7-6(8,9)4(11)3-1-2-14-5(3)10(12)13/h1-2,4,11H. The molecule has 1 aromatic heterocycles. The van der Waals surface area contributed by atoms with Crippen molar-refractivity contribution < 1.29 is 14.4 Å². The van der Waals surface area contributed by atoms with Crippen molar-refractivity contribution in [1.29, 1.82) is 0 Å². The van der Waals surface area contributed by atoms with Crippen molar-refractivity contribution in [2.24, 2.45) is 0 Å². The Hall–Kier alpha value is -0.490. The van der Waals surface area contributed by atoms with Crippen LogP contribution in [0.2, 0.25) is 0 Å². The second kappa shape index (κ2) is 3.94. The van der Waals surface area contributed by atoms with Crippen LogP contribution < -0.4 is 0 Å². The normalized spacial score (nSPS) is 14.0. The van der Waals surface area contributed by atoms with E-state index in [2.05, 4.69) is 4.42 Å². The van der Waals surface area contributed by atoms with E-state index in [0.29, 0.717) is 0 Å². The summed E-state index contributed by atoms with van der Waals surface area (Å²) in [6, 6.07) is 1.17. The summed E-state index contributed by atoms with van der Waals surface area (Å²) < 4.78 is 2.47. The summed E-state index contributed by atoms with van der Waals surface area (Å²) >= 11 is 16.1. The number of nitrogens with zero attached hydrogens (tertiary/aromatic N) is 1. The van der Waals surface area contributed by atoms with Gasteiger partial charge in [0.2, 0.25) is 3.79 Å². The van der Waals surface area contributed by atoms with E-state index in [-0.39, 0.29) is 5.56 Å². The Morgan fingerprint density at radius 2 is 2.14 bits per heavy atom. The van der Waals surface area contributed by atoms with Crippen LogP contribution in [0, 0.1) is 10.1 Å². The molecule has 0 aliphatic carbocycles. The number of rotatable bonds is 2. The Balaban J connectivity index is 3.07. The zero-order valence-corrected chi connectivity index (χ0v) is 8.75. The number of aliphatic hydroxyl groups excluding tert-OH is 1. The van der Waals surface area contributed by atoms with Gasteiger partial charge in [0, 0.05) is 0 Å². The minimum atomic E-state index is -2.03. The van der Waals surface area contributed by atoms with Gasteiger partial charge in [0.1, 0.15) is 16.6 Å². The molecule has 0 bridgehead atoms. The van der Waals surface area contributed by atoms with Crippen LogP contribution in [0.5, 0.6) is 0 Å². The Bertz CT molecular complexity index is 345. The van der Waals surface area contributed by atoms with Crippen LogP contribution in [-0.2, 0) is 0 Å². The molecule has 0 spiro atoms. The van der Waals surface area contributed by atoms with E-state index in [9.17, 15) is 15.2 Å². The quantitative estimate of drug-likeness (QED) is 0.504. The van der Waals surface area contributed by atoms with E-state index >= 15 is 0 Å². The van der Waals surface area contributed by atoms with Gasteiger partial charge in [0.05, 0.1) is 6.26 Å². The van der Waals surface area contributed by atoms with Gasteiger partial charge < -0.3 is 9.52 Å². The minimum absolute atomic E-state index is 0.171. The average Bonchev–Trinajstić information content (AvgIpc) is 2.48. The molecule has 0 saturated heterocycles. The summed E-state index contributed by atoms with van der Waals surface area (Å²) in [6.45, 7) is 0. The molecule has 8 heteroatoms. The lowest BCUT2D eigenvalue weighted by atomic mass is 10.2. The fourth-order valence-electron chi connectivity index (χ4n) is 0.844. The third-order valence-corrected chi connectivity index (χ3v) is 2.06. The number of aliphatic hydroxyl groups is 1. The van der Waals surface area contributed by atoms with Crippen molar-refractivity contribution in [3.63, 3.8) is 0 Å². The van der Waals surface area contributed by atoms with Gasteiger partial charge in [0.25, 0.3) is 0 Å². The third-order valence-electron chi connectivity index (χ3n) is 1.44. The summed E-state index contributed by atoms with van der Waals surface area (Å²) in [4.78, 5) is 9.58. The third kappa shape index (κ3) is 2.30. The van der Waals surface area contributed by atoms with Crippen LogP contribution in [0.3, 0.4) is 0 Å². The molecule has 1 aromatic rings. The van der Waals surface area contributed by atoms with Gasteiger partial charge in [-0.3, -0.25) is 10.1 Å². The Morgan fingerprint density at radius 3 is 2.57 bits per heavy atom. The van der Waals surface area contributed by atoms with Gasteiger partial charge in [-0.15, -0.1) is 0 Å². The number of furan rings is 1. The maximum absolute atomic E-state index is 10.4. The lowest BCUT2D eigenvalue weighted by Gasteiger charge is -2.16. The SMILES string of the molecule is O=[N+]([O-])c1occc1C(O)C(Cl)(Cl)Cl. The van der Waals surface area contributed by atoms with Crippen molar-refractivity contribution in [2.45, 2.75) is 9.90 Å². The number of nitro groups is 1. The predicted molar refractivity (Wildman–Crippen MR) is 50.6 cm³/mol. The van der Waals surface area contributed by atoms with E-state index in [1.807, 2.05) is 0 Å². The molecule has 1 heterocycles. The Morgan fingerprint density at radius 1 is 1.57 bits per heavy atom. The highest BCUT2D eigenvalue weighted by molar-refractivity contribution is 6.68. The van der Waals surface area contributed by atoms with Crippen LogP contribution in [0.1, 0.15) is 11.7 Å². The molecule has 0 aliphatic heterocycles. The highest BCUT2D eigenvalue weighted by Gasteiger charge is 2.38. The monoisotopic (exact) mass is 259 g/mol. The van der Waals surface area contributed by atoms with Crippen LogP contribution in [0.15, 0.2) is 16.7 Å². The number of alkyl halides is 3. The second-order valence-electron chi connectivity index (χ2n) is 2.38. The first-order valence-electron chi connectivity index (χ1n) is 3.30. The van der Waals surface area contributed by atoms with E-state index < -0.39 is 20.7 Å². The lowest BCUT2D eigenvalue weighted by molar-refractivity contribution is -0.403. The first-order valence-corrected chi connectivity index (χ1v) is 4.44. The van der Waals surface area contributed by atoms with Gasteiger partial charge in [-0.05, 0) is 6.07 Å². The van der Waals surface area contributed by atoms with Crippen LogP contribution in [0.4, 0.5) is 5.88 Å². The smallest absolute Gasteiger partial charge is 0.409 e. The topological polar surface area (TPSA) is 76.5 Å². The summed E-state index contributed by atoms with van der Waals surface area (Å²) in [5.41, 5.74) is -0.171. The Labute approximate surface area is 93.3 Å². The molecule has 0 aromatic carbocycles. The molecular formula is C6H4Cl3NO4. The molecule has 5 nitrogen and oxygen atoms in total. The van der Waals surface area contributed by atoms with Gasteiger partial charge in [-0.1, -0.05) is 34.8 Å². The first kappa shape index (κ1) is 11.6. The molecule has 0 fully saturated rings. The van der Waals surface area contributed by atoms with Crippen molar-refractivity contribution in [3.05, 3.63) is 28.0 Å². The fourth-order valence-corrected chi connectivity index (χ4v) is 1.20. The molecule has 1 unspecified atom stereocenters. The lowest BCUT2D eigenvalue weighted by Crippen LogP contribution is -2.16. The van der Waals surface area contributed by atoms with Crippen molar-refractivity contribution in [2.75, 3.05) is 0 Å². The largest absolute Gasteiger partial charge is 0.438 e. The van der Waals surface area contributed by atoms with E-state index in [1.165, 1.54) is 6.07 Å². The number of hydrogen-bond acceptors (Lipinski definition) is 4. The van der Waals surface area contributed by atoms with E-state index in [4.69, 9.17) is 34.8 Å². The van der Waals surface area contributed by atoms with Gasteiger partial charge >= 0.3 is 5.88 Å². The minimum Gasteiger partial charge on any atom is -0.409 e. The highest BCUT2D eigenvalue weighted by atomic mass is 35.6. The van der Waals surface area contributed by atoms with Crippen molar-refractivity contribution >= 4 is 40.7 Å². The molecule has 0 saturated carbocycles. The second-order valence-corrected chi connectivity index (χ2v) is 4.75. The maximum Gasteiger partial charge on any atom is 0.438 e. The zero-order valence-electron chi connectivity index (χ0n) is 6.49. The molecule has 14 heavy (non-hydrogen) atoms. The van der Waals surface area contributed by atoms with Crippen molar-refractivity contribution in [1.82, 2.24) is 0 Å². The fraction of sp³-hybridized carbons (Fsp3) is 0.333. The molecule has 1 atom stereocenters. The van der Waals surface area contributed by atoms with Gasteiger partial charge in [-0.2, -0.15) is 0 Å². The van der Waals surface area contributed by atoms with Crippen LogP contribution >= 0.6 is 34.8 Å². The summed E-state index contributed by atoms with van der Waals surface area (Å²) in [7, 11) is 0. The number of halogens is 3. The maximum atomic E-state index is 10.4. The summed E-state index contributed by atoms with van der Waals surface area (Å²) in [5, 5.41) is 19.8. The number of hydrogen-bond donors (Lipinski definition) is 1. The summed E-state index contributed by atoms with van der Waals surface area (Å²) in [5.74, 6) is -0.635. The molecule has 1 rings (SSSR count). The highest BCUT2D eigenvalue weighted by Crippen LogP contribution is 2.42. The van der Waals surface area contributed by atoms with E-state index in [1.54, 1.807) is 0 Å². The average molecular weight is 260 g/mol. The first-order chi connectivity index (χ1) is 6.34. The molecular weight excluding hydrogens is 256 g/mol. The van der Waals surface area contributed by atoms with Gasteiger partial charge in [-0.25, -0.2) is 0 Å². The van der Waals surface area contributed by atoms with Crippen LogP contribution in [0.25, 0.3) is 0 Å².